The van der Waals surface area contributed by atoms with Crippen LogP contribution in [0.25, 0.3) is 0 Å². The van der Waals surface area contributed by atoms with Crippen molar-refractivity contribution in [1.29, 1.82) is 0 Å². The van der Waals surface area contributed by atoms with Crippen LogP contribution in [0.2, 0.25) is 0 Å². The van der Waals surface area contributed by atoms with E-state index in [-0.39, 0.29) is 16.7 Å². The Bertz CT molecular complexity index is 626. The van der Waals surface area contributed by atoms with Crippen LogP contribution in [0.5, 0.6) is 0 Å². The summed E-state index contributed by atoms with van der Waals surface area (Å²) in [5.41, 5.74) is 6.82. The van der Waals surface area contributed by atoms with Gasteiger partial charge < -0.3 is 16.4 Å². The van der Waals surface area contributed by atoms with Crippen LogP contribution in [-0.2, 0) is 14.8 Å². The van der Waals surface area contributed by atoms with Gasteiger partial charge in [-0.2, -0.15) is 0 Å². The fourth-order valence-electron chi connectivity index (χ4n) is 1.86. The molecule has 7 nitrogen and oxygen atoms in total. The van der Waals surface area contributed by atoms with E-state index in [9.17, 15) is 13.2 Å². The highest BCUT2D eigenvalue weighted by molar-refractivity contribution is 7.89. The van der Waals surface area contributed by atoms with Gasteiger partial charge in [0.25, 0.3) is 0 Å². The fraction of sp³-hybridized carbons (Fsp3) is 0.462. The highest BCUT2D eigenvalue weighted by Crippen LogP contribution is 2.28. The summed E-state index contributed by atoms with van der Waals surface area (Å²) in [5.74, 6) is 0.293. The number of rotatable bonds is 7. The van der Waals surface area contributed by atoms with Gasteiger partial charge in [-0.1, -0.05) is 0 Å². The number of sulfonamides is 1. The van der Waals surface area contributed by atoms with Crippen LogP contribution in [0, 0.1) is 5.92 Å². The molecule has 116 valence electrons. The van der Waals surface area contributed by atoms with E-state index < -0.39 is 10.0 Å². The van der Waals surface area contributed by atoms with E-state index in [4.69, 9.17) is 5.73 Å². The van der Waals surface area contributed by atoms with E-state index in [2.05, 4.69) is 15.4 Å². The highest BCUT2D eigenvalue weighted by Gasteiger charge is 2.28. The van der Waals surface area contributed by atoms with E-state index >= 15 is 0 Å². The molecule has 0 unspecified atom stereocenters. The summed E-state index contributed by atoms with van der Waals surface area (Å²) in [6.07, 6.45) is 1.96. The van der Waals surface area contributed by atoms with Crippen molar-refractivity contribution < 1.29 is 13.2 Å². The maximum atomic E-state index is 11.6. The Balaban J connectivity index is 1.87. The third-order valence-corrected chi connectivity index (χ3v) is 4.70. The van der Waals surface area contributed by atoms with Crippen LogP contribution >= 0.6 is 0 Å². The quantitative estimate of drug-likeness (QED) is 0.422. The van der Waals surface area contributed by atoms with Gasteiger partial charge in [-0.25, -0.2) is 13.1 Å². The molecule has 0 bridgehead atoms. The lowest BCUT2D eigenvalue weighted by Gasteiger charge is -2.11. The number of nitrogens with two attached hydrogens (primary N) is 1. The van der Waals surface area contributed by atoms with Gasteiger partial charge in [-0.3, -0.25) is 4.79 Å². The summed E-state index contributed by atoms with van der Waals surface area (Å²) in [5, 5.41) is 5.90. The van der Waals surface area contributed by atoms with Crippen LogP contribution < -0.4 is 21.1 Å². The van der Waals surface area contributed by atoms with Crippen molar-refractivity contribution in [2.24, 2.45) is 5.92 Å². The Kier molecular flexibility index (Phi) is 4.69. The summed E-state index contributed by atoms with van der Waals surface area (Å²) in [6, 6.07) is 4.49. The molecule has 0 aromatic heterocycles. The number of nitrogen functional groups attached to an aromatic ring is 1. The summed E-state index contributed by atoms with van der Waals surface area (Å²) < 4.78 is 25.5. The molecule has 1 saturated carbocycles. The van der Waals surface area contributed by atoms with E-state index in [1.807, 2.05) is 0 Å². The number of benzene rings is 1. The van der Waals surface area contributed by atoms with Crippen LogP contribution in [0.15, 0.2) is 23.1 Å². The second kappa shape index (κ2) is 6.31. The third-order valence-electron chi connectivity index (χ3n) is 3.29. The van der Waals surface area contributed by atoms with Gasteiger partial charge in [-0.15, -0.1) is 0 Å². The van der Waals surface area contributed by atoms with Crippen molar-refractivity contribution >= 4 is 27.3 Å². The maximum Gasteiger partial charge on any atom is 0.240 e. The fourth-order valence-corrected chi connectivity index (χ4v) is 2.62. The molecule has 1 aliphatic carbocycles. The average molecular weight is 312 g/mol. The summed E-state index contributed by atoms with van der Waals surface area (Å²) in [4.78, 5) is 11.6. The van der Waals surface area contributed by atoms with E-state index in [1.165, 1.54) is 19.2 Å². The topological polar surface area (TPSA) is 113 Å². The first-order chi connectivity index (χ1) is 9.94. The Morgan fingerprint density at radius 3 is 2.62 bits per heavy atom. The molecule has 5 N–H and O–H groups in total. The number of hydrogen-bond acceptors (Lipinski definition) is 5. The monoisotopic (exact) mass is 312 g/mol. The molecule has 0 aliphatic heterocycles. The zero-order valence-corrected chi connectivity index (χ0v) is 12.7. The predicted octanol–water partition coefficient (Wildman–Crippen LogP) is 0.115. The van der Waals surface area contributed by atoms with Gasteiger partial charge in [0.05, 0.1) is 16.3 Å². The van der Waals surface area contributed by atoms with Gasteiger partial charge in [0, 0.05) is 19.0 Å². The van der Waals surface area contributed by atoms with Crippen LogP contribution in [0.3, 0.4) is 0 Å². The molecule has 0 saturated heterocycles. The molecule has 1 fully saturated rings. The van der Waals surface area contributed by atoms with Crippen LogP contribution in [-0.4, -0.2) is 34.5 Å². The molecule has 1 aromatic carbocycles. The first-order valence-corrected chi connectivity index (χ1v) is 8.27. The van der Waals surface area contributed by atoms with Crippen molar-refractivity contribution in [3.8, 4) is 0 Å². The first-order valence-electron chi connectivity index (χ1n) is 6.78. The molecular formula is C13H20N4O3S. The minimum absolute atomic E-state index is 0.0974. The highest BCUT2D eigenvalue weighted by atomic mass is 32.2. The van der Waals surface area contributed by atoms with Gasteiger partial charge >= 0.3 is 0 Å². The molecular weight excluding hydrogens is 292 g/mol. The SMILES string of the molecule is CNS(=O)(=O)c1ccc(NCCNC(=O)C2CC2)c(N)c1. The normalized spacial score (nSPS) is 14.7. The number of amides is 1. The lowest BCUT2D eigenvalue weighted by molar-refractivity contribution is -0.122. The lowest BCUT2D eigenvalue weighted by atomic mass is 10.2. The second-order valence-corrected chi connectivity index (χ2v) is 6.84. The Hall–Kier alpha value is -1.80. The minimum atomic E-state index is -3.49. The van der Waals surface area contributed by atoms with Gasteiger partial charge in [0.1, 0.15) is 0 Å². The number of hydrogen-bond donors (Lipinski definition) is 4. The largest absolute Gasteiger partial charge is 0.397 e. The number of nitrogens with one attached hydrogen (secondary N) is 3. The number of anilines is 2. The van der Waals surface area contributed by atoms with Crippen molar-refractivity contribution in [3.63, 3.8) is 0 Å². The maximum absolute atomic E-state index is 11.6. The second-order valence-electron chi connectivity index (χ2n) is 4.95. The van der Waals surface area contributed by atoms with Gasteiger partial charge in [0.2, 0.25) is 15.9 Å². The third kappa shape index (κ3) is 4.08. The predicted molar refractivity (Wildman–Crippen MR) is 81.3 cm³/mol. The van der Waals surface area contributed by atoms with Gasteiger partial charge in [-0.05, 0) is 38.1 Å². The van der Waals surface area contributed by atoms with Crippen molar-refractivity contribution in [2.75, 3.05) is 31.2 Å². The molecule has 21 heavy (non-hydrogen) atoms. The van der Waals surface area contributed by atoms with Crippen molar-refractivity contribution in [2.45, 2.75) is 17.7 Å². The molecule has 0 spiro atoms. The van der Waals surface area contributed by atoms with E-state index in [0.29, 0.717) is 24.5 Å². The van der Waals surface area contributed by atoms with Crippen molar-refractivity contribution in [3.05, 3.63) is 18.2 Å². The standard InChI is InChI=1S/C13H20N4O3S/c1-15-21(19,20)10-4-5-12(11(14)8-10)16-6-7-17-13(18)9-2-3-9/h4-5,8-9,15-16H,2-3,6-7,14H2,1H3,(H,17,18). The smallest absolute Gasteiger partial charge is 0.240 e. The zero-order chi connectivity index (χ0) is 15.5. The summed E-state index contributed by atoms with van der Waals surface area (Å²) in [6.45, 7) is 1.03. The van der Waals surface area contributed by atoms with Crippen LogP contribution in [0.4, 0.5) is 11.4 Å². The molecule has 0 heterocycles. The van der Waals surface area contributed by atoms with E-state index in [1.54, 1.807) is 6.07 Å². The van der Waals surface area contributed by atoms with Crippen LogP contribution in [0.1, 0.15) is 12.8 Å². The van der Waals surface area contributed by atoms with Gasteiger partial charge in [0.15, 0.2) is 0 Å². The summed E-state index contributed by atoms with van der Waals surface area (Å²) >= 11 is 0. The zero-order valence-electron chi connectivity index (χ0n) is 11.8. The molecule has 0 atom stereocenters. The minimum Gasteiger partial charge on any atom is -0.397 e. The molecule has 0 radical (unpaired) electrons. The Morgan fingerprint density at radius 2 is 2.05 bits per heavy atom. The Morgan fingerprint density at radius 1 is 1.33 bits per heavy atom. The van der Waals surface area contributed by atoms with E-state index in [0.717, 1.165) is 12.8 Å². The number of carbonyl (C=O) groups is 1. The van der Waals surface area contributed by atoms with Crippen molar-refractivity contribution in [1.82, 2.24) is 10.0 Å². The average Bonchev–Trinajstić information content (AvgIpc) is 3.29. The molecule has 8 heteroatoms. The lowest BCUT2D eigenvalue weighted by Crippen LogP contribution is -2.29. The molecule has 1 amide bonds. The molecule has 1 aromatic rings. The molecule has 2 rings (SSSR count). The number of carbonyl (C=O) groups excluding carboxylic acids is 1. The summed E-state index contributed by atoms with van der Waals surface area (Å²) in [7, 11) is -2.14. The molecule has 1 aliphatic rings. The first kappa shape index (κ1) is 15.6. The Labute approximate surface area is 124 Å².